The molecule has 1 aromatic heterocycles. The molecule has 0 atom stereocenters. The largest absolute Gasteiger partial charge is 0.385 e. The van der Waals surface area contributed by atoms with Crippen LogP contribution in [0.3, 0.4) is 0 Å². The van der Waals surface area contributed by atoms with E-state index in [1.54, 1.807) is 0 Å². The van der Waals surface area contributed by atoms with Crippen molar-refractivity contribution in [3.63, 3.8) is 0 Å². The highest BCUT2D eigenvalue weighted by Crippen LogP contribution is 2.13. The summed E-state index contributed by atoms with van der Waals surface area (Å²) in [6, 6.07) is 1.96. The van der Waals surface area contributed by atoms with Gasteiger partial charge in [-0.25, -0.2) is 0 Å². The van der Waals surface area contributed by atoms with Gasteiger partial charge in [-0.3, -0.25) is 0 Å². The Labute approximate surface area is 72.8 Å². The lowest BCUT2D eigenvalue weighted by atomic mass is 10.2. The van der Waals surface area contributed by atoms with Gasteiger partial charge >= 0.3 is 0 Å². The fourth-order valence-corrected chi connectivity index (χ4v) is 1.08. The zero-order valence-electron chi connectivity index (χ0n) is 7.46. The van der Waals surface area contributed by atoms with Crippen molar-refractivity contribution < 1.29 is 0 Å². The maximum atomic E-state index is 5.66. The summed E-state index contributed by atoms with van der Waals surface area (Å²) in [5.41, 5.74) is 7.91. The van der Waals surface area contributed by atoms with Crippen molar-refractivity contribution in [2.45, 2.75) is 13.8 Å². The fourth-order valence-electron chi connectivity index (χ4n) is 1.08. The molecule has 0 aliphatic rings. The van der Waals surface area contributed by atoms with Gasteiger partial charge in [0.25, 0.3) is 0 Å². The molecule has 0 unspecified atom stereocenters. The number of aromatic amines is 1. The number of hydrogen-bond donors (Lipinski definition) is 2. The molecular weight excluding hydrogens is 148 g/mol. The molecule has 0 radical (unpaired) electrons. The van der Waals surface area contributed by atoms with Gasteiger partial charge in [0.05, 0.1) is 0 Å². The van der Waals surface area contributed by atoms with E-state index in [0.29, 0.717) is 0 Å². The molecule has 12 heavy (non-hydrogen) atoms. The number of nitrogens with one attached hydrogen (secondary N) is 1. The lowest BCUT2D eigenvalue weighted by molar-refractivity contribution is 1.41. The van der Waals surface area contributed by atoms with E-state index in [-0.39, 0.29) is 0 Å². The number of nitrogens with two attached hydrogens (primary N) is 1. The second-order valence-corrected chi connectivity index (χ2v) is 2.74. The number of anilines is 1. The molecule has 2 heteroatoms. The summed E-state index contributed by atoms with van der Waals surface area (Å²) >= 11 is 0. The van der Waals surface area contributed by atoms with E-state index in [0.717, 1.165) is 11.4 Å². The number of hydrogen-bond acceptors (Lipinski definition) is 1. The van der Waals surface area contributed by atoms with Crippen molar-refractivity contribution in [1.29, 1.82) is 0 Å². The number of H-pyrrole nitrogens is 1. The van der Waals surface area contributed by atoms with Crippen LogP contribution in [0.1, 0.15) is 19.4 Å². The molecule has 3 N–H and O–H groups in total. The third-order valence-electron chi connectivity index (χ3n) is 1.63. The Bertz CT molecular complexity index is 305. The van der Waals surface area contributed by atoms with Crippen molar-refractivity contribution in [1.82, 2.24) is 4.98 Å². The van der Waals surface area contributed by atoms with Gasteiger partial charge in [-0.15, -0.1) is 0 Å². The van der Waals surface area contributed by atoms with Crippen LogP contribution in [-0.2, 0) is 0 Å². The summed E-state index contributed by atoms with van der Waals surface area (Å²) in [5.74, 6) is 0.721. The van der Waals surface area contributed by atoms with E-state index in [1.807, 2.05) is 44.3 Å². The van der Waals surface area contributed by atoms with Crippen LogP contribution in [0, 0.1) is 0 Å². The fraction of sp³-hybridized carbons (Fsp3) is 0.200. The van der Waals surface area contributed by atoms with Crippen LogP contribution in [0.5, 0.6) is 0 Å². The van der Waals surface area contributed by atoms with Gasteiger partial charge in [0, 0.05) is 11.8 Å². The first kappa shape index (κ1) is 8.65. The second-order valence-electron chi connectivity index (χ2n) is 2.74. The molecule has 0 aliphatic heterocycles. The van der Waals surface area contributed by atoms with Crippen LogP contribution in [0.4, 0.5) is 5.82 Å². The molecule has 0 bridgehead atoms. The van der Waals surface area contributed by atoms with Gasteiger partial charge in [0.1, 0.15) is 5.82 Å². The number of aromatic nitrogens is 1. The molecule has 64 valence electrons. The quantitative estimate of drug-likeness (QED) is 0.645. The molecular formula is C10H14N2. The first-order valence-electron chi connectivity index (χ1n) is 3.98. The lowest BCUT2D eigenvalue weighted by Gasteiger charge is -1.92. The average Bonchev–Trinajstić information content (AvgIpc) is 2.37. The van der Waals surface area contributed by atoms with Crippen molar-refractivity contribution in [2.75, 3.05) is 5.73 Å². The molecule has 0 spiro atoms. The van der Waals surface area contributed by atoms with E-state index in [1.165, 1.54) is 5.57 Å². The SMILES string of the molecule is C/C=C\C(C)=C/c1cc[nH]c1N. The van der Waals surface area contributed by atoms with Crippen LogP contribution < -0.4 is 5.73 Å². The monoisotopic (exact) mass is 162 g/mol. The van der Waals surface area contributed by atoms with Gasteiger partial charge in [-0.2, -0.15) is 0 Å². The van der Waals surface area contributed by atoms with Gasteiger partial charge in [-0.05, 0) is 26.0 Å². The van der Waals surface area contributed by atoms with Crippen molar-refractivity contribution in [2.24, 2.45) is 0 Å². The summed E-state index contributed by atoms with van der Waals surface area (Å²) in [4.78, 5) is 2.93. The Morgan fingerprint density at radius 1 is 1.58 bits per heavy atom. The molecule has 0 fully saturated rings. The third-order valence-corrected chi connectivity index (χ3v) is 1.63. The van der Waals surface area contributed by atoms with Gasteiger partial charge in [-0.1, -0.05) is 17.7 Å². The molecule has 0 aliphatic carbocycles. The number of nitrogen functional groups attached to an aromatic ring is 1. The van der Waals surface area contributed by atoms with Crippen LogP contribution in [0.2, 0.25) is 0 Å². The van der Waals surface area contributed by atoms with E-state index < -0.39 is 0 Å². The minimum absolute atomic E-state index is 0.721. The minimum atomic E-state index is 0.721. The number of rotatable bonds is 2. The standard InChI is InChI=1S/C10H14N2/c1-3-4-8(2)7-9-5-6-12-10(9)11/h3-7,12H,11H2,1-2H3/b4-3-,8-7-. The van der Waals surface area contributed by atoms with Crippen molar-refractivity contribution in [3.8, 4) is 0 Å². The molecule has 0 saturated heterocycles. The zero-order valence-corrected chi connectivity index (χ0v) is 7.46. The molecule has 0 amide bonds. The van der Waals surface area contributed by atoms with Crippen LogP contribution >= 0.6 is 0 Å². The molecule has 2 nitrogen and oxygen atoms in total. The van der Waals surface area contributed by atoms with E-state index in [9.17, 15) is 0 Å². The predicted octanol–water partition coefficient (Wildman–Crippen LogP) is 2.58. The smallest absolute Gasteiger partial charge is 0.107 e. The summed E-state index contributed by atoms with van der Waals surface area (Å²) in [5, 5.41) is 0. The Morgan fingerprint density at radius 3 is 2.83 bits per heavy atom. The van der Waals surface area contributed by atoms with Crippen molar-refractivity contribution in [3.05, 3.63) is 35.6 Å². The average molecular weight is 162 g/mol. The zero-order chi connectivity index (χ0) is 8.97. The third kappa shape index (κ3) is 2.02. The first-order chi connectivity index (χ1) is 5.74. The van der Waals surface area contributed by atoms with Gasteiger partial charge < -0.3 is 10.7 Å². The summed E-state index contributed by atoms with van der Waals surface area (Å²) in [7, 11) is 0. The molecule has 0 aromatic carbocycles. The van der Waals surface area contributed by atoms with E-state index in [4.69, 9.17) is 5.73 Å². The highest BCUT2D eigenvalue weighted by Gasteiger charge is 1.94. The summed E-state index contributed by atoms with van der Waals surface area (Å²) in [6.07, 6.45) is 7.94. The van der Waals surface area contributed by atoms with Crippen LogP contribution in [0.25, 0.3) is 6.08 Å². The normalized spacial score (nSPS) is 12.7. The van der Waals surface area contributed by atoms with Gasteiger partial charge in [0.2, 0.25) is 0 Å². The predicted molar refractivity (Wildman–Crippen MR) is 53.7 cm³/mol. The van der Waals surface area contributed by atoms with Crippen molar-refractivity contribution >= 4 is 11.9 Å². The summed E-state index contributed by atoms with van der Waals surface area (Å²) < 4.78 is 0. The minimum Gasteiger partial charge on any atom is -0.385 e. The highest BCUT2D eigenvalue weighted by atomic mass is 14.8. The molecule has 0 saturated carbocycles. The highest BCUT2D eigenvalue weighted by molar-refractivity contribution is 5.64. The van der Waals surface area contributed by atoms with Crippen LogP contribution in [0.15, 0.2) is 30.0 Å². The first-order valence-corrected chi connectivity index (χ1v) is 3.98. The maximum Gasteiger partial charge on any atom is 0.107 e. The Kier molecular flexibility index (Phi) is 2.75. The maximum absolute atomic E-state index is 5.66. The molecule has 1 aromatic rings. The van der Waals surface area contributed by atoms with E-state index in [2.05, 4.69) is 4.98 Å². The molecule has 1 heterocycles. The Morgan fingerprint density at radius 2 is 2.33 bits per heavy atom. The Balaban J connectivity index is 2.87. The lowest BCUT2D eigenvalue weighted by Crippen LogP contribution is -1.85. The Hall–Kier alpha value is -1.44. The van der Waals surface area contributed by atoms with Gasteiger partial charge in [0.15, 0.2) is 0 Å². The topological polar surface area (TPSA) is 41.8 Å². The number of allylic oxidation sites excluding steroid dienone is 3. The molecule has 1 rings (SSSR count). The second kappa shape index (κ2) is 3.81. The summed E-state index contributed by atoms with van der Waals surface area (Å²) in [6.45, 7) is 4.05. The van der Waals surface area contributed by atoms with Crippen LogP contribution in [-0.4, -0.2) is 4.98 Å². The van der Waals surface area contributed by atoms with E-state index >= 15 is 0 Å².